The molecule has 0 spiro atoms. The van der Waals surface area contributed by atoms with Crippen LogP contribution in [0.15, 0.2) is 4.99 Å². The molecular formula is C9H18IN3OS. The number of thioether (sulfide) groups is 1. The minimum Gasteiger partial charge on any atom is -0.333 e. The van der Waals surface area contributed by atoms with E-state index in [4.69, 9.17) is 0 Å². The fourth-order valence-electron chi connectivity index (χ4n) is 1.18. The summed E-state index contributed by atoms with van der Waals surface area (Å²) in [5, 5.41) is 3.73. The van der Waals surface area contributed by atoms with Crippen LogP contribution < -0.4 is 5.32 Å². The van der Waals surface area contributed by atoms with Gasteiger partial charge in [0.1, 0.15) is 0 Å². The first-order valence-electron chi connectivity index (χ1n) is 4.62. The van der Waals surface area contributed by atoms with E-state index >= 15 is 0 Å². The number of nitrogens with one attached hydrogen (secondary N) is 1. The molecule has 15 heavy (non-hydrogen) atoms. The van der Waals surface area contributed by atoms with E-state index in [0.717, 1.165) is 5.17 Å². The first-order valence-corrected chi connectivity index (χ1v) is 5.84. The van der Waals surface area contributed by atoms with E-state index in [1.807, 2.05) is 27.0 Å². The molecule has 1 N–H and O–H groups in total. The number of aliphatic imine (C=N–C) groups is 1. The van der Waals surface area contributed by atoms with Gasteiger partial charge in [0.25, 0.3) is 0 Å². The van der Waals surface area contributed by atoms with Crippen LogP contribution in [0.4, 0.5) is 4.79 Å². The second-order valence-electron chi connectivity index (χ2n) is 4.20. The molecule has 0 radical (unpaired) electrons. The Morgan fingerprint density at radius 2 is 2.13 bits per heavy atom. The van der Waals surface area contributed by atoms with E-state index < -0.39 is 0 Å². The number of nitrogens with zero attached hydrogens (tertiary/aromatic N) is 2. The molecule has 0 saturated carbocycles. The fourth-order valence-corrected chi connectivity index (χ4v) is 1.79. The number of carbonyl (C=O) groups is 1. The third kappa shape index (κ3) is 4.58. The predicted molar refractivity (Wildman–Crippen MR) is 76.2 cm³/mol. The summed E-state index contributed by atoms with van der Waals surface area (Å²) in [4.78, 5) is 17.7. The zero-order valence-electron chi connectivity index (χ0n) is 9.53. The van der Waals surface area contributed by atoms with E-state index in [0.29, 0.717) is 13.1 Å². The Kier molecular flexibility index (Phi) is 5.94. The molecule has 2 amide bonds. The average Bonchev–Trinajstić information content (AvgIpc) is 2.47. The van der Waals surface area contributed by atoms with Gasteiger partial charge in [0, 0.05) is 12.1 Å². The number of halogens is 1. The Hall–Kier alpha value is 0.0200. The molecule has 1 aliphatic rings. The first kappa shape index (κ1) is 15.0. The summed E-state index contributed by atoms with van der Waals surface area (Å²) in [7, 11) is 0. The van der Waals surface area contributed by atoms with Crippen molar-refractivity contribution < 1.29 is 4.79 Å². The lowest BCUT2D eigenvalue weighted by Crippen LogP contribution is -2.49. The van der Waals surface area contributed by atoms with Crippen molar-refractivity contribution in [3.63, 3.8) is 0 Å². The Morgan fingerprint density at radius 3 is 2.60 bits per heavy atom. The summed E-state index contributed by atoms with van der Waals surface area (Å²) in [5.74, 6) is 0. The Morgan fingerprint density at radius 1 is 1.53 bits per heavy atom. The third-order valence-electron chi connectivity index (χ3n) is 1.71. The Bertz CT molecular complexity index is 263. The molecule has 0 fully saturated rings. The van der Waals surface area contributed by atoms with Gasteiger partial charge in [0.2, 0.25) is 0 Å². The van der Waals surface area contributed by atoms with E-state index in [-0.39, 0.29) is 35.5 Å². The highest BCUT2D eigenvalue weighted by atomic mass is 127. The molecule has 1 rings (SSSR count). The number of amidine groups is 1. The third-order valence-corrected chi connectivity index (χ3v) is 2.43. The van der Waals surface area contributed by atoms with E-state index in [1.54, 1.807) is 4.90 Å². The van der Waals surface area contributed by atoms with Crippen LogP contribution in [-0.4, -0.2) is 41.0 Å². The predicted octanol–water partition coefficient (Wildman–Crippen LogP) is 2.15. The Labute approximate surface area is 112 Å². The first-order chi connectivity index (χ1) is 6.44. The number of carbonyl (C=O) groups excluding carboxylic acids is 1. The minimum absolute atomic E-state index is 0. The number of urea groups is 1. The van der Waals surface area contributed by atoms with Gasteiger partial charge in [-0.25, -0.2) is 4.79 Å². The van der Waals surface area contributed by atoms with Crippen LogP contribution in [0.1, 0.15) is 20.8 Å². The largest absolute Gasteiger partial charge is 0.333 e. The van der Waals surface area contributed by atoms with Gasteiger partial charge in [0.05, 0.1) is 6.54 Å². The normalized spacial score (nSPS) is 15.7. The zero-order chi connectivity index (χ0) is 10.8. The summed E-state index contributed by atoms with van der Waals surface area (Å²) in [6.07, 6.45) is 1.93. The number of hydrogen-bond acceptors (Lipinski definition) is 3. The highest BCUT2D eigenvalue weighted by molar-refractivity contribution is 14.0. The van der Waals surface area contributed by atoms with Crippen molar-refractivity contribution in [3.05, 3.63) is 0 Å². The highest BCUT2D eigenvalue weighted by Gasteiger charge is 2.25. The molecular weight excluding hydrogens is 325 g/mol. The molecule has 1 aliphatic heterocycles. The molecule has 0 aromatic rings. The topological polar surface area (TPSA) is 44.7 Å². The summed E-state index contributed by atoms with van der Waals surface area (Å²) in [6.45, 7) is 7.32. The van der Waals surface area contributed by atoms with Crippen molar-refractivity contribution in [3.8, 4) is 0 Å². The van der Waals surface area contributed by atoms with Crippen LogP contribution in [0.2, 0.25) is 0 Å². The molecule has 1 heterocycles. The Balaban J connectivity index is 0.00000196. The van der Waals surface area contributed by atoms with Crippen molar-refractivity contribution in [2.24, 2.45) is 4.99 Å². The molecule has 6 heteroatoms. The van der Waals surface area contributed by atoms with E-state index in [2.05, 4.69) is 10.3 Å². The molecule has 0 aliphatic carbocycles. The molecule has 0 saturated heterocycles. The standard InChI is InChI=1S/C9H17N3OS.HI/c1-9(2,3)11-7(13)12-6-5-10-8(12)14-4;/h5-6H2,1-4H3,(H,11,13);1H. The van der Waals surface area contributed by atoms with Crippen molar-refractivity contribution >= 4 is 46.9 Å². The lowest BCUT2D eigenvalue weighted by molar-refractivity contribution is 0.214. The van der Waals surface area contributed by atoms with Crippen molar-refractivity contribution in [1.29, 1.82) is 0 Å². The summed E-state index contributed by atoms with van der Waals surface area (Å²) in [5.41, 5.74) is -0.191. The van der Waals surface area contributed by atoms with Gasteiger partial charge < -0.3 is 5.32 Å². The monoisotopic (exact) mass is 343 g/mol. The maximum atomic E-state index is 11.8. The summed E-state index contributed by atoms with van der Waals surface area (Å²) >= 11 is 1.51. The van der Waals surface area contributed by atoms with Gasteiger partial charge in [-0.3, -0.25) is 9.89 Å². The van der Waals surface area contributed by atoms with Gasteiger partial charge in [-0.15, -0.1) is 24.0 Å². The SMILES string of the molecule is CSC1=NCCN1C(=O)NC(C)(C)C.I. The smallest absolute Gasteiger partial charge is 0.323 e. The second kappa shape index (κ2) is 5.93. The lowest BCUT2D eigenvalue weighted by Gasteiger charge is -2.25. The molecule has 0 unspecified atom stereocenters. The molecule has 0 atom stereocenters. The van der Waals surface area contributed by atoms with Crippen LogP contribution in [0.25, 0.3) is 0 Å². The quantitative estimate of drug-likeness (QED) is 0.685. The fraction of sp³-hybridized carbons (Fsp3) is 0.778. The highest BCUT2D eigenvalue weighted by Crippen LogP contribution is 2.12. The van der Waals surface area contributed by atoms with Crippen molar-refractivity contribution in [2.45, 2.75) is 26.3 Å². The number of amides is 2. The van der Waals surface area contributed by atoms with Gasteiger partial charge in [-0.05, 0) is 27.0 Å². The molecule has 4 nitrogen and oxygen atoms in total. The molecule has 0 aromatic carbocycles. The van der Waals surface area contributed by atoms with Crippen LogP contribution in [-0.2, 0) is 0 Å². The average molecular weight is 343 g/mol. The van der Waals surface area contributed by atoms with Crippen LogP contribution >= 0.6 is 35.7 Å². The number of hydrogen-bond donors (Lipinski definition) is 1. The van der Waals surface area contributed by atoms with Gasteiger partial charge in [-0.2, -0.15) is 0 Å². The maximum absolute atomic E-state index is 11.8. The zero-order valence-corrected chi connectivity index (χ0v) is 12.7. The molecule has 0 bridgehead atoms. The van der Waals surface area contributed by atoms with E-state index in [1.165, 1.54) is 11.8 Å². The van der Waals surface area contributed by atoms with Crippen molar-refractivity contribution in [1.82, 2.24) is 10.2 Å². The second-order valence-corrected chi connectivity index (χ2v) is 4.97. The van der Waals surface area contributed by atoms with E-state index in [9.17, 15) is 4.79 Å². The van der Waals surface area contributed by atoms with Gasteiger partial charge >= 0.3 is 6.03 Å². The summed E-state index contributed by atoms with van der Waals surface area (Å²) < 4.78 is 0. The van der Waals surface area contributed by atoms with Crippen molar-refractivity contribution in [2.75, 3.05) is 19.3 Å². The molecule has 0 aromatic heterocycles. The van der Waals surface area contributed by atoms with Crippen LogP contribution in [0, 0.1) is 0 Å². The number of rotatable bonds is 0. The van der Waals surface area contributed by atoms with Gasteiger partial charge in [0.15, 0.2) is 5.17 Å². The van der Waals surface area contributed by atoms with Crippen LogP contribution in [0.3, 0.4) is 0 Å². The minimum atomic E-state index is -0.191. The van der Waals surface area contributed by atoms with Crippen LogP contribution in [0.5, 0.6) is 0 Å². The van der Waals surface area contributed by atoms with Gasteiger partial charge in [-0.1, -0.05) is 11.8 Å². The summed E-state index contributed by atoms with van der Waals surface area (Å²) in [6, 6.07) is -0.0527. The maximum Gasteiger partial charge on any atom is 0.323 e. The lowest BCUT2D eigenvalue weighted by atomic mass is 10.1. The molecule has 88 valence electrons.